The molecule has 4 heteroatoms. The smallest absolute Gasteiger partial charge is 0.209 e. The lowest BCUT2D eigenvalue weighted by atomic mass is 10.1. The van der Waals surface area contributed by atoms with E-state index in [1.54, 1.807) is 4.40 Å². The molecule has 0 atom stereocenters. The molecule has 0 saturated heterocycles. The molecule has 0 bridgehead atoms. The molecule has 0 saturated carbocycles. The van der Waals surface area contributed by atoms with Gasteiger partial charge in [-0.1, -0.05) is 43.7 Å². The molecule has 2 aromatic heterocycles. The molecule has 0 amide bonds. The second-order valence-electron chi connectivity index (χ2n) is 5.21. The number of hydrogen-bond donors (Lipinski definition) is 0. The highest BCUT2D eigenvalue weighted by Crippen LogP contribution is 2.31. The summed E-state index contributed by atoms with van der Waals surface area (Å²) in [5.41, 5.74) is 4.66. The number of benzene rings is 1. The number of aromatic nitrogens is 2. The van der Waals surface area contributed by atoms with Gasteiger partial charge in [0.05, 0.1) is 0 Å². The quantitative estimate of drug-likeness (QED) is 0.652. The van der Waals surface area contributed by atoms with Gasteiger partial charge in [0.15, 0.2) is 0 Å². The molecule has 0 unspecified atom stereocenters. The normalized spacial score (nSPS) is 11.0. The van der Waals surface area contributed by atoms with Gasteiger partial charge in [0.25, 0.3) is 0 Å². The maximum absolute atomic E-state index is 11.2. The average Bonchev–Trinajstić information content (AvgIpc) is 2.88. The van der Waals surface area contributed by atoms with E-state index in [2.05, 4.69) is 29.2 Å². The summed E-state index contributed by atoms with van der Waals surface area (Å²) in [6, 6.07) is 12.1. The van der Waals surface area contributed by atoms with Gasteiger partial charge >= 0.3 is 0 Å². The van der Waals surface area contributed by atoms with E-state index in [1.165, 1.54) is 5.56 Å². The first-order chi connectivity index (χ1) is 10.2. The van der Waals surface area contributed by atoms with Gasteiger partial charge in [-0.2, -0.15) is 0 Å². The van der Waals surface area contributed by atoms with Crippen LogP contribution in [0.1, 0.15) is 24.5 Å². The Kier molecular flexibility index (Phi) is 3.52. The highest BCUT2D eigenvalue weighted by molar-refractivity contribution is 5.75. The van der Waals surface area contributed by atoms with Crippen LogP contribution in [0.25, 0.3) is 16.9 Å². The van der Waals surface area contributed by atoms with Crippen LogP contribution in [0.5, 0.6) is 0 Å². The van der Waals surface area contributed by atoms with Crippen molar-refractivity contribution in [2.45, 2.75) is 26.7 Å². The Balaban J connectivity index is 2.15. The third-order valence-electron chi connectivity index (χ3n) is 3.67. The molecular weight excluding hydrogens is 262 g/mol. The number of rotatable bonds is 4. The molecule has 21 heavy (non-hydrogen) atoms. The van der Waals surface area contributed by atoms with Gasteiger partial charge in [0.1, 0.15) is 11.3 Å². The zero-order valence-corrected chi connectivity index (χ0v) is 12.2. The van der Waals surface area contributed by atoms with Gasteiger partial charge in [0.2, 0.25) is 5.82 Å². The van der Waals surface area contributed by atoms with Gasteiger partial charge in [-0.3, -0.25) is 4.40 Å². The summed E-state index contributed by atoms with van der Waals surface area (Å²) in [7, 11) is 0. The summed E-state index contributed by atoms with van der Waals surface area (Å²) in [6.07, 6.45) is 4.00. The third kappa shape index (κ3) is 2.33. The molecule has 4 nitrogen and oxygen atoms in total. The van der Waals surface area contributed by atoms with Crippen LogP contribution < -0.4 is 0 Å². The lowest BCUT2D eigenvalue weighted by Crippen LogP contribution is -1.85. The van der Waals surface area contributed by atoms with Crippen molar-refractivity contribution in [3.05, 3.63) is 58.6 Å². The monoisotopic (exact) mass is 279 g/mol. The zero-order valence-electron chi connectivity index (χ0n) is 12.2. The fourth-order valence-electron chi connectivity index (χ4n) is 2.59. The van der Waals surface area contributed by atoms with E-state index >= 15 is 0 Å². The summed E-state index contributed by atoms with van der Waals surface area (Å²) >= 11 is 0. The summed E-state index contributed by atoms with van der Waals surface area (Å²) in [4.78, 5) is 15.8. The molecule has 0 aliphatic rings. The van der Waals surface area contributed by atoms with Crippen LogP contribution in [0.2, 0.25) is 0 Å². The first-order valence-electron chi connectivity index (χ1n) is 7.15. The average molecular weight is 279 g/mol. The van der Waals surface area contributed by atoms with Crippen LogP contribution in [-0.2, 0) is 6.42 Å². The second-order valence-corrected chi connectivity index (χ2v) is 5.21. The van der Waals surface area contributed by atoms with Crippen molar-refractivity contribution in [2.24, 2.45) is 5.18 Å². The van der Waals surface area contributed by atoms with E-state index in [1.807, 2.05) is 37.4 Å². The Morgan fingerprint density at radius 2 is 1.95 bits per heavy atom. The number of fused-ring (bicyclic) bond motifs is 1. The Bertz CT molecular complexity index is 788. The van der Waals surface area contributed by atoms with E-state index in [-0.39, 0.29) is 0 Å². The fourth-order valence-corrected chi connectivity index (χ4v) is 2.59. The Labute approximate surface area is 123 Å². The summed E-state index contributed by atoms with van der Waals surface area (Å²) in [6.45, 7) is 4.14. The minimum Gasteiger partial charge on any atom is -0.281 e. The molecule has 1 aromatic carbocycles. The second kappa shape index (κ2) is 5.48. The van der Waals surface area contributed by atoms with Gasteiger partial charge < -0.3 is 0 Å². The van der Waals surface area contributed by atoms with Crippen LogP contribution in [-0.4, -0.2) is 9.38 Å². The van der Waals surface area contributed by atoms with Gasteiger partial charge in [-0.15, -0.1) is 4.91 Å². The van der Waals surface area contributed by atoms with Crippen LogP contribution in [0.4, 0.5) is 5.82 Å². The largest absolute Gasteiger partial charge is 0.281 e. The fraction of sp³-hybridized carbons (Fsp3) is 0.235. The van der Waals surface area contributed by atoms with E-state index in [0.29, 0.717) is 11.5 Å². The molecule has 0 fully saturated rings. The summed E-state index contributed by atoms with van der Waals surface area (Å²) < 4.78 is 1.75. The Morgan fingerprint density at radius 1 is 1.19 bits per heavy atom. The van der Waals surface area contributed by atoms with E-state index < -0.39 is 0 Å². The molecular formula is C17H17N3O. The minimum atomic E-state index is 0.358. The van der Waals surface area contributed by atoms with Crippen molar-refractivity contribution >= 4 is 11.5 Å². The molecule has 106 valence electrons. The van der Waals surface area contributed by atoms with Gasteiger partial charge in [-0.05, 0) is 35.7 Å². The summed E-state index contributed by atoms with van der Waals surface area (Å²) in [5.74, 6) is 0.358. The lowest BCUT2D eigenvalue weighted by Gasteiger charge is -2.01. The zero-order chi connectivity index (χ0) is 14.8. The van der Waals surface area contributed by atoms with E-state index in [4.69, 9.17) is 0 Å². The number of hydrogen-bond acceptors (Lipinski definition) is 3. The molecule has 0 aliphatic carbocycles. The standard InChI is InChI=1S/C17H17N3O/c1-3-5-13-7-9-14(10-8-13)15-17(19-21)20-11-4-6-12(2)16(20)18-15/h4,6-11H,3,5H2,1-2H3. The minimum absolute atomic E-state index is 0.358. The van der Waals surface area contributed by atoms with Crippen molar-refractivity contribution in [1.29, 1.82) is 0 Å². The van der Waals surface area contributed by atoms with Gasteiger partial charge in [-0.25, -0.2) is 4.98 Å². The highest BCUT2D eigenvalue weighted by Gasteiger charge is 2.15. The first-order valence-corrected chi connectivity index (χ1v) is 7.15. The number of nitrogens with zero attached hydrogens (tertiary/aromatic N) is 3. The van der Waals surface area contributed by atoms with Crippen LogP contribution >= 0.6 is 0 Å². The van der Waals surface area contributed by atoms with Crippen LogP contribution in [0, 0.1) is 11.8 Å². The van der Waals surface area contributed by atoms with Crippen molar-refractivity contribution < 1.29 is 0 Å². The Morgan fingerprint density at radius 3 is 2.62 bits per heavy atom. The van der Waals surface area contributed by atoms with E-state index in [9.17, 15) is 4.91 Å². The number of imidazole rings is 1. The van der Waals surface area contributed by atoms with Gasteiger partial charge in [0, 0.05) is 11.8 Å². The number of nitroso groups, excluding NO2 is 1. The SMILES string of the molecule is CCCc1ccc(-c2nc3c(C)cccn3c2N=O)cc1. The molecule has 2 heterocycles. The molecule has 0 spiro atoms. The van der Waals surface area contributed by atoms with Crippen LogP contribution in [0.15, 0.2) is 47.8 Å². The van der Waals surface area contributed by atoms with Crippen molar-refractivity contribution in [1.82, 2.24) is 9.38 Å². The predicted molar refractivity (Wildman–Crippen MR) is 84.8 cm³/mol. The number of pyridine rings is 1. The third-order valence-corrected chi connectivity index (χ3v) is 3.67. The topological polar surface area (TPSA) is 46.7 Å². The maximum Gasteiger partial charge on any atom is 0.209 e. The molecule has 0 aliphatic heterocycles. The summed E-state index contributed by atoms with van der Waals surface area (Å²) in [5, 5.41) is 3.19. The highest BCUT2D eigenvalue weighted by atomic mass is 16.3. The van der Waals surface area contributed by atoms with Crippen molar-refractivity contribution in [2.75, 3.05) is 0 Å². The van der Waals surface area contributed by atoms with Crippen LogP contribution in [0.3, 0.4) is 0 Å². The maximum atomic E-state index is 11.2. The molecule has 0 N–H and O–H groups in total. The number of aryl methyl sites for hydroxylation is 2. The first kappa shape index (κ1) is 13.5. The van der Waals surface area contributed by atoms with Crippen molar-refractivity contribution in [3.8, 4) is 11.3 Å². The lowest BCUT2D eigenvalue weighted by molar-refractivity contribution is 0.922. The Hall–Kier alpha value is -2.49. The predicted octanol–water partition coefficient (Wildman–Crippen LogP) is 4.66. The van der Waals surface area contributed by atoms with E-state index in [0.717, 1.165) is 29.6 Å². The molecule has 0 radical (unpaired) electrons. The molecule has 3 aromatic rings. The van der Waals surface area contributed by atoms with Crippen molar-refractivity contribution in [3.63, 3.8) is 0 Å². The molecule has 3 rings (SSSR count).